The minimum atomic E-state index is -1.44. The summed E-state index contributed by atoms with van der Waals surface area (Å²) in [5, 5.41) is 15.9. The normalized spacial score (nSPS) is 18.5. The Bertz CT molecular complexity index is 1540. The number of carbonyl (C=O) groups is 3. The van der Waals surface area contributed by atoms with E-state index in [0.717, 1.165) is 19.3 Å². The first-order chi connectivity index (χ1) is 19.8. The van der Waals surface area contributed by atoms with Gasteiger partial charge in [0.1, 0.15) is 17.9 Å². The first kappa shape index (κ1) is 28.0. The number of carbonyl (C=O) groups excluding carboxylic acids is 3. The zero-order chi connectivity index (χ0) is 29.1. The highest BCUT2D eigenvalue weighted by molar-refractivity contribution is 6.06. The third-order valence-electron chi connectivity index (χ3n) is 7.79. The molecule has 5 rings (SSSR count). The summed E-state index contributed by atoms with van der Waals surface area (Å²) < 4.78 is 22.7. The van der Waals surface area contributed by atoms with E-state index in [-0.39, 0.29) is 49.8 Å². The SMILES string of the molecule is COCCN1C(=O)c2oc3cc(C(=O)NC4CCC4)ccc3c2OCC1(C)C(=O)NCc1c(C#N)cccc1OC. The summed E-state index contributed by atoms with van der Waals surface area (Å²) in [5.74, 6) is -0.603. The molecule has 0 bridgehead atoms. The molecule has 1 aliphatic carbocycles. The van der Waals surface area contributed by atoms with Crippen LogP contribution in [-0.2, 0) is 16.1 Å². The number of benzene rings is 2. The van der Waals surface area contributed by atoms with Crippen LogP contribution in [0.1, 0.15) is 58.2 Å². The van der Waals surface area contributed by atoms with Crippen LogP contribution < -0.4 is 20.1 Å². The first-order valence-electron chi connectivity index (χ1n) is 13.5. The van der Waals surface area contributed by atoms with Crippen LogP contribution in [0.3, 0.4) is 0 Å². The molecule has 11 nitrogen and oxygen atoms in total. The minimum Gasteiger partial charge on any atom is -0.496 e. The standard InChI is InChI=1S/C30H32N4O7/c1-30(29(37)32-16-22-19(15-31)6-4-9-23(22)39-3)17-40-25-21-11-10-18(27(35)33-20-7-5-8-20)14-24(21)41-26(25)28(36)34(30)12-13-38-2/h4,6,9-11,14,20H,5,7-8,12-13,16-17H2,1-3H3,(H,32,37)(H,33,35). The van der Waals surface area contributed by atoms with Gasteiger partial charge in [-0.05, 0) is 56.5 Å². The fraction of sp³-hybridized carbons (Fsp3) is 0.400. The summed E-state index contributed by atoms with van der Waals surface area (Å²) in [4.78, 5) is 41.7. The van der Waals surface area contributed by atoms with Crippen molar-refractivity contribution < 1.29 is 33.0 Å². The number of amides is 3. The molecule has 3 aromatic rings. The van der Waals surface area contributed by atoms with Crippen molar-refractivity contribution in [3.63, 3.8) is 0 Å². The summed E-state index contributed by atoms with van der Waals surface area (Å²) in [7, 11) is 2.99. The summed E-state index contributed by atoms with van der Waals surface area (Å²) >= 11 is 0. The van der Waals surface area contributed by atoms with E-state index in [9.17, 15) is 19.6 Å². The van der Waals surface area contributed by atoms with Crippen LogP contribution in [-0.4, -0.2) is 68.2 Å². The molecule has 3 amide bonds. The number of furan rings is 1. The van der Waals surface area contributed by atoms with Crippen LogP contribution in [0.15, 0.2) is 40.8 Å². The topological polar surface area (TPSA) is 143 Å². The van der Waals surface area contributed by atoms with Gasteiger partial charge in [-0.15, -0.1) is 0 Å². The maximum atomic E-state index is 13.9. The lowest BCUT2D eigenvalue weighted by atomic mass is 9.93. The summed E-state index contributed by atoms with van der Waals surface area (Å²) in [6.07, 6.45) is 3.03. The van der Waals surface area contributed by atoms with E-state index >= 15 is 0 Å². The molecule has 0 radical (unpaired) electrons. The van der Waals surface area contributed by atoms with Crippen LogP contribution in [0.25, 0.3) is 11.0 Å². The number of methoxy groups -OCH3 is 2. The molecule has 2 heterocycles. The Balaban J connectivity index is 1.42. The molecule has 1 atom stereocenters. The molecule has 2 aliphatic rings. The lowest BCUT2D eigenvalue weighted by Gasteiger charge is -2.37. The van der Waals surface area contributed by atoms with Gasteiger partial charge in [0.05, 0.1) is 30.7 Å². The molecular formula is C30H32N4O7. The Morgan fingerprint density at radius 1 is 1.22 bits per heavy atom. The molecular weight excluding hydrogens is 528 g/mol. The van der Waals surface area contributed by atoms with Gasteiger partial charge >= 0.3 is 0 Å². The molecule has 0 spiro atoms. The van der Waals surface area contributed by atoms with E-state index in [1.165, 1.54) is 19.1 Å². The van der Waals surface area contributed by atoms with Crippen LogP contribution in [0, 0.1) is 11.3 Å². The van der Waals surface area contributed by atoms with Gasteiger partial charge in [0.15, 0.2) is 11.3 Å². The van der Waals surface area contributed by atoms with E-state index in [2.05, 4.69) is 16.7 Å². The minimum absolute atomic E-state index is 0.00577. The van der Waals surface area contributed by atoms with Crippen LogP contribution in [0.2, 0.25) is 0 Å². The second-order valence-corrected chi connectivity index (χ2v) is 10.4. The van der Waals surface area contributed by atoms with Gasteiger partial charge in [-0.3, -0.25) is 14.4 Å². The van der Waals surface area contributed by atoms with Crippen molar-refractivity contribution in [2.24, 2.45) is 0 Å². The highest BCUT2D eigenvalue weighted by Gasteiger charge is 2.47. The van der Waals surface area contributed by atoms with E-state index in [4.69, 9.17) is 18.6 Å². The fourth-order valence-corrected chi connectivity index (χ4v) is 5.08. The molecule has 0 saturated heterocycles. The molecule has 41 heavy (non-hydrogen) atoms. The fourth-order valence-electron chi connectivity index (χ4n) is 5.08. The number of nitrogens with zero attached hydrogens (tertiary/aromatic N) is 2. The zero-order valence-corrected chi connectivity index (χ0v) is 23.2. The molecule has 1 fully saturated rings. The highest BCUT2D eigenvalue weighted by atomic mass is 16.5. The maximum Gasteiger partial charge on any atom is 0.294 e. The monoisotopic (exact) mass is 560 g/mol. The van der Waals surface area contributed by atoms with E-state index in [1.807, 2.05) is 0 Å². The second-order valence-electron chi connectivity index (χ2n) is 10.4. The zero-order valence-electron chi connectivity index (χ0n) is 23.2. The maximum absolute atomic E-state index is 13.9. The predicted molar refractivity (Wildman–Crippen MR) is 148 cm³/mol. The lowest BCUT2D eigenvalue weighted by molar-refractivity contribution is -0.133. The van der Waals surface area contributed by atoms with E-state index in [0.29, 0.717) is 33.4 Å². The number of nitrogens with one attached hydrogen (secondary N) is 2. The number of nitriles is 1. The molecule has 214 valence electrons. The Morgan fingerprint density at radius 3 is 2.71 bits per heavy atom. The average Bonchev–Trinajstić information content (AvgIpc) is 3.29. The smallest absolute Gasteiger partial charge is 0.294 e. The largest absolute Gasteiger partial charge is 0.496 e. The van der Waals surface area contributed by atoms with Gasteiger partial charge in [0.25, 0.3) is 11.8 Å². The third kappa shape index (κ3) is 5.18. The number of ether oxygens (including phenoxy) is 3. The van der Waals surface area contributed by atoms with Crippen LogP contribution in [0.5, 0.6) is 11.5 Å². The highest BCUT2D eigenvalue weighted by Crippen LogP contribution is 2.39. The van der Waals surface area contributed by atoms with Crippen molar-refractivity contribution >= 4 is 28.7 Å². The number of hydrogen-bond acceptors (Lipinski definition) is 8. The van der Waals surface area contributed by atoms with E-state index in [1.54, 1.807) is 43.3 Å². The Morgan fingerprint density at radius 2 is 2.02 bits per heavy atom. The summed E-state index contributed by atoms with van der Waals surface area (Å²) in [5.41, 5.74) is 0.208. The van der Waals surface area contributed by atoms with Crippen molar-refractivity contribution in [3.8, 4) is 17.6 Å². The quantitative estimate of drug-likeness (QED) is 0.406. The molecule has 1 aromatic heterocycles. The second kappa shape index (κ2) is 11.5. The number of hydrogen-bond donors (Lipinski definition) is 2. The number of fused-ring (bicyclic) bond motifs is 3. The lowest BCUT2D eigenvalue weighted by Crippen LogP contribution is -2.61. The Labute approximate surface area is 237 Å². The number of rotatable bonds is 9. The van der Waals surface area contributed by atoms with Crippen molar-refractivity contribution in [3.05, 3.63) is 58.8 Å². The molecule has 1 aliphatic heterocycles. The van der Waals surface area contributed by atoms with Crippen molar-refractivity contribution in [1.82, 2.24) is 15.5 Å². The van der Waals surface area contributed by atoms with Crippen LogP contribution >= 0.6 is 0 Å². The van der Waals surface area contributed by atoms with Crippen molar-refractivity contribution in [2.75, 3.05) is 34.0 Å². The Kier molecular flexibility index (Phi) is 7.85. The van der Waals surface area contributed by atoms with Crippen molar-refractivity contribution in [1.29, 1.82) is 5.26 Å². The van der Waals surface area contributed by atoms with E-state index < -0.39 is 17.4 Å². The Hall–Kier alpha value is -4.56. The van der Waals surface area contributed by atoms with Gasteiger partial charge in [-0.2, -0.15) is 5.26 Å². The molecule has 11 heteroatoms. The average molecular weight is 561 g/mol. The molecule has 1 saturated carbocycles. The van der Waals surface area contributed by atoms with Gasteiger partial charge in [-0.25, -0.2) is 0 Å². The van der Waals surface area contributed by atoms with Gasteiger partial charge < -0.3 is 34.2 Å². The molecule has 2 aromatic carbocycles. The molecule has 1 unspecified atom stereocenters. The predicted octanol–water partition coefficient (Wildman–Crippen LogP) is 3.15. The van der Waals surface area contributed by atoms with Gasteiger partial charge in [0, 0.05) is 37.4 Å². The van der Waals surface area contributed by atoms with Gasteiger partial charge in [-0.1, -0.05) is 6.07 Å². The van der Waals surface area contributed by atoms with Crippen molar-refractivity contribution in [2.45, 2.75) is 44.3 Å². The third-order valence-corrected chi connectivity index (χ3v) is 7.79. The summed E-state index contributed by atoms with van der Waals surface area (Å²) in [6.45, 7) is 1.70. The van der Waals surface area contributed by atoms with Gasteiger partial charge in [0.2, 0.25) is 11.7 Å². The molecule has 2 N–H and O–H groups in total. The summed E-state index contributed by atoms with van der Waals surface area (Å²) in [6, 6.07) is 12.3. The first-order valence-corrected chi connectivity index (χ1v) is 13.5. The van der Waals surface area contributed by atoms with Crippen LogP contribution in [0.4, 0.5) is 0 Å².